The molecule has 0 saturated carbocycles. The number of ketones is 1. The number of aromatic amines is 1. The monoisotopic (exact) mass is 368 g/mol. The molecule has 1 aromatic carbocycles. The van der Waals surface area contributed by atoms with Gasteiger partial charge in [0.15, 0.2) is 5.78 Å². The second-order valence-corrected chi connectivity index (χ2v) is 5.44. The van der Waals surface area contributed by atoms with Crippen molar-refractivity contribution in [3.63, 3.8) is 0 Å². The van der Waals surface area contributed by atoms with E-state index in [0.717, 1.165) is 14.8 Å². The van der Waals surface area contributed by atoms with Crippen LogP contribution in [-0.4, -0.2) is 16.7 Å². The molecule has 1 aromatic heterocycles. The zero-order valence-corrected chi connectivity index (χ0v) is 12.7. The Labute approximate surface area is 124 Å². The quantitative estimate of drug-likeness (QED) is 0.645. The summed E-state index contributed by atoms with van der Waals surface area (Å²) in [5.41, 5.74) is 2.78. The van der Waals surface area contributed by atoms with Crippen LogP contribution < -0.4 is 5.32 Å². The van der Waals surface area contributed by atoms with E-state index >= 15 is 0 Å². The lowest BCUT2D eigenvalue weighted by Gasteiger charge is -2.05. The van der Waals surface area contributed by atoms with Crippen LogP contribution in [0.3, 0.4) is 0 Å². The number of aromatic nitrogens is 1. The van der Waals surface area contributed by atoms with Crippen LogP contribution in [0.2, 0.25) is 0 Å². The summed E-state index contributed by atoms with van der Waals surface area (Å²) in [6.07, 6.45) is 1.54. The number of H-pyrrole nitrogens is 1. The molecule has 0 fully saturated rings. The normalized spacial score (nSPS) is 10.3. The molecule has 0 unspecified atom stereocenters. The Morgan fingerprint density at radius 2 is 2.00 bits per heavy atom. The van der Waals surface area contributed by atoms with Crippen molar-refractivity contribution in [1.29, 1.82) is 0 Å². The lowest BCUT2D eigenvalue weighted by Crippen LogP contribution is -2.12. The lowest BCUT2D eigenvalue weighted by atomic mass is 10.2. The minimum absolute atomic E-state index is 0.0693. The van der Waals surface area contributed by atoms with Crippen molar-refractivity contribution in [3.8, 4) is 0 Å². The first-order valence-electron chi connectivity index (χ1n) is 5.74. The van der Waals surface area contributed by atoms with Gasteiger partial charge in [-0.25, -0.2) is 0 Å². The highest BCUT2D eigenvalue weighted by Crippen LogP contribution is 2.17. The standard InChI is InChI=1S/C14H13IN2O2/c1-8-3-4-11(6-12(8)15)17-14(19)13-5-10(7-16-13)9(2)18/h3-7,16H,1-2H3,(H,17,19). The third-order valence-corrected chi connectivity index (χ3v) is 3.93. The summed E-state index contributed by atoms with van der Waals surface area (Å²) in [5, 5.41) is 2.79. The van der Waals surface area contributed by atoms with Crippen LogP contribution in [0, 0.1) is 10.5 Å². The van der Waals surface area contributed by atoms with Gasteiger partial charge >= 0.3 is 0 Å². The van der Waals surface area contributed by atoms with E-state index < -0.39 is 0 Å². The van der Waals surface area contributed by atoms with Gasteiger partial charge in [-0.05, 0) is 60.2 Å². The van der Waals surface area contributed by atoms with E-state index in [9.17, 15) is 9.59 Å². The molecule has 0 aliphatic heterocycles. The average molecular weight is 368 g/mol. The first kappa shape index (κ1) is 13.8. The van der Waals surface area contributed by atoms with Crippen LogP contribution in [0.5, 0.6) is 0 Å². The predicted molar refractivity (Wildman–Crippen MR) is 82.6 cm³/mol. The van der Waals surface area contributed by atoms with Gasteiger partial charge in [0, 0.05) is 21.0 Å². The molecule has 19 heavy (non-hydrogen) atoms. The van der Waals surface area contributed by atoms with Crippen molar-refractivity contribution in [2.75, 3.05) is 5.32 Å². The second kappa shape index (κ2) is 5.56. The minimum Gasteiger partial charge on any atom is -0.356 e. The van der Waals surface area contributed by atoms with Crippen molar-refractivity contribution < 1.29 is 9.59 Å². The molecule has 0 aliphatic carbocycles. The van der Waals surface area contributed by atoms with Gasteiger partial charge in [-0.2, -0.15) is 0 Å². The molecule has 2 aromatic rings. The van der Waals surface area contributed by atoms with E-state index in [2.05, 4.69) is 32.9 Å². The number of anilines is 1. The molecule has 0 atom stereocenters. The number of hydrogen-bond acceptors (Lipinski definition) is 2. The molecule has 0 aliphatic rings. The number of halogens is 1. The Bertz CT molecular complexity index is 647. The fourth-order valence-corrected chi connectivity index (χ4v) is 2.11. The summed E-state index contributed by atoms with van der Waals surface area (Å²) < 4.78 is 1.09. The lowest BCUT2D eigenvalue weighted by molar-refractivity contribution is 0.101. The molecule has 1 heterocycles. The third kappa shape index (κ3) is 3.23. The Morgan fingerprint density at radius 3 is 2.58 bits per heavy atom. The summed E-state index contributed by atoms with van der Waals surface area (Å²) in [6, 6.07) is 7.26. The largest absolute Gasteiger partial charge is 0.356 e. The van der Waals surface area contributed by atoms with Crippen molar-refractivity contribution in [2.24, 2.45) is 0 Å². The molecule has 0 radical (unpaired) electrons. The van der Waals surface area contributed by atoms with Gasteiger partial charge in [0.2, 0.25) is 0 Å². The van der Waals surface area contributed by atoms with Crippen molar-refractivity contribution in [2.45, 2.75) is 13.8 Å². The molecular formula is C14H13IN2O2. The van der Waals surface area contributed by atoms with Gasteiger partial charge in [-0.15, -0.1) is 0 Å². The molecule has 5 heteroatoms. The van der Waals surface area contributed by atoms with Crippen LogP contribution in [0.1, 0.15) is 33.3 Å². The fraction of sp³-hybridized carbons (Fsp3) is 0.143. The molecule has 98 valence electrons. The SMILES string of the molecule is CC(=O)c1c[nH]c(C(=O)Nc2ccc(C)c(I)c2)c1. The van der Waals surface area contributed by atoms with Crippen LogP contribution in [0.25, 0.3) is 0 Å². The average Bonchev–Trinajstić information content (AvgIpc) is 2.83. The van der Waals surface area contributed by atoms with Crippen LogP contribution in [0.4, 0.5) is 5.69 Å². The van der Waals surface area contributed by atoms with Crippen LogP contribution >= 0.6 is 22.6 Å². The maximum Gasteiger partial charge on any atom is 0.272 e. The van der Waals surface area contributed by atoms with E-state index in [4.69, 9.17) is 0 Å². The number of aryl methyl sites for hydroxylation is 1. The zero-order valence-electron chi connectivity index (χ0n) is 10.6. The summed E-state index contributed by atoms with van der Waals surface area (Å²) in [6.45, 7) is 3.48. The summed E-state index contributed by atoms with van der Waals surface area (Å²) >= 11 is 2.22. The third-order valence-electron chi connectivity index (χ3n) is 2.76. The number of carbonyl (C=O) groups is 2. The Hall–Kier alpha value is -1.63. The molecule has 4 nitrogen and oxygen atoms in total. The predicted octanol–water partition coefficient (Wildman–Crippen LogP) is 3.38. The van der Waals surface area contributed by atoms with Gasteiger partial charge in [-0.3, -0.25) is 9.59 Å². The second-order valence-electron chi connectivity index (χ2n) is 4.28. The number of hydrogen-bond donors (Lipinski definition) is 2. The summed E-state index contributed by atoms with van der Waals surface area (Å²) in [7, 11) is 0. The Balaban J connectivity index is 2.15. The van der Waals surface area contributed by atoms with Gasteiger partial charge in [0.1, 0.15) is 5.69 Å². The number of benzene rings is 1. The zero-order chi connectivity index (χ0) is 14.0. The number of nitrogens with one attached hydrogen (secondary N) is 2. The summed E-state index contributed by atoms with van der Waals surface area (Å²) in [4.78, 5) is 26.0. The smallest absolute Gasteiger partial charge is 0.272 e. The number of carbonyl (C=O) groups excluding carboxylic acids is 2. The Kier molecular flexibility index (Phi) is 4.04. The van der Waals surface area contributed by atoms with Crippen molar-refractivity contribution >= 4 is 40.0 Å². The van der Waals surface area contributed by atoms with E-state index in [-0.39, 0.29) is 11.7 Å². The van der Waals surface area contributed by atoms with Crippen LogP contribution in [-0.2, 0) is 0 Å². The highest BCUT2D eigenvalue weighted by atomic mass is 127. The van der Waals surface area contributed by atoms with Gasteiger partial charge in [0.05, 0.1) is 0 Å². The van der Waals surface area contributed by atoms with Gasteiger partial charge in [0.25, 0.3) is 5.91 Å². The van der Waals surface area contributed by atoms with E-state index in [0.29, 0.717) is 11.3 Å². The number of rotatable bonds is 3. The number of amides is 1. The van der Waals surface area contributed by atoms with Gasteiger partial charge < -0.3 is 10.3 Å². The van der Waals surface area contributed by atoms with Crippen LogP contribution in [0.15, 0.2) is 30.5 Å². The molecule has 2 rings (SSSR count). The molecule has 0 spiro atoms. The maximum absolute atomic E-state index is 12.0. The molecular weight excluding hydrogens is 355 g/mol. The van der Waals surface area contributed by atoms with Crippen molar-refractivity contribution in [3.05, 3.63) is 50.9 Å². The molecule has 2 N–H and O–H groups in total. The highest BCUT2D eigenvalue weighted by Gasteiger charge is 2.11. The maximum atomic E-state index is 12.0. The van der Waals surface area contributed by atoms with E-state index in [1.807, 2.05) is 25.1 Å². The van der Waals surface area contributed by atoms with E-state index in [1.165, 1.54) is 13.1 Å². The molecule has 0 bridgehead atoms. The van der Waals surface area contributed by atoms with E-state index in [1.54, 1.807) is 6.07 Å². The Morgan fingerprint density at radius 1 is 1.26 bits per heavy atom. The topological polar surface area (TPSA) is 62.0 Å². The number of Topliss-reactive ketones (excluding diaryl/α,β-unsaturated/α-hetero) is 1. The fourth-order valence-electron chi connectivity index (χ4n) is 1.60. The van der Waals surface area contributed by atoms with Crippen molar-refractivity contribution in [1.82, 2.24) is 4.98 Å². The highest BCUT2D eigenvalue weighted by molar-refractivity contribution is 14.1. The first-order valence-corrected chi connectivity index (χ1v) is 6.82. The first-order chi connectivity index (χ1) is 8.97. The molecule has 1 amide bonds. The minimum atomic E-state index is -0.257. The summed E-state index contributed by atoms with van der Waals surface area (Å²) in [5.74, 6) is -0.327. The van der Waals surface area contributed by atoms with Gasteiger partial charge in [-0.1, -0.05) is 6.07 Å². The molecule has 0 saturated heterocycles.